The fraction of sp³-hybridized carbons (Fsp3) is 0.320. The number of aryl methyl sites for hydroxylation is 1. The first kappa shape index (κ1) is 21.3. The molecule has 2 atom stereocenters. The van der Waals surface area contributed by atoms with Crippen LogP contribution in [0.15, 0.2) is 54.7 Å². The van der Waals surface area contributed by atoms with Crippen molar-refractivity contribution in [1.82, 2.24) is 9.97 Å². The molecule has 2 heterocycles. The zero-order valence-corrected chi connectivity index (χ0v) is 18.4. The molecule has 0 radical (unpaired) electrons. The molecule has 1 fully saturated rings. The fourth-order valence-corrected chi connectivity index (χ4v) is 4.51. The van der Waals surface area contributed by atoms with Gasteiger partial charge in [0.05, 0.1) is 12.6 Å². The van der Waals surface area contributed by atoms with E-state index in [1.54, 1.807) is 28.1 Å². The number of aliphatic hydroxyl groups excluding tert-OH is 1. The summed E-state index contributed by atoms with van der Waals surface area (Å²) in [6.45, 7) is 2.46. The number of rotatable bonds is 5. The summed E-state index contributed by atoms with van der Waals surface area (Å²) in [5.74, 6) is 0.563. The van der Waals surface area contributed by atoms with Gasteiger partial charge in [-0.15, -0.1) is 0 Å². The van der Waals surface area contributed by atoms with E-state index in [0.29, 0.717) is 43.3 Å². The van der Waals surface area contributed by atoms with Gasteiger partial charge in [-0.3, -0.25) is 9.80 Å². The summed E-state index contributed by atoms with van der Waals surface area (Å²) in [6.07, 6.45) is 4.11. The lowest BCUT2D eigenvalue weighted by molar-refractivity contribution is 0.181. The number of fused-ring (bicyclic) bond motifs is 1. The largest absolute Gasteiger partial charge is 0.393 e. The van der Waals surface area contributed by atoms with Gasteiger partial charge in [0.1, 0.15) is 11.6 Å². The van der Waals surface area contributed by atoms with Crippen LogP contribution in [0.4, 0.5) is 32.3 Å². The molecule has 5 rings (SSSR count). The van der Waals surface area contributed by atoms with Crippen LogP contribution in [0.5, 0.6) is 0 Å². The predicted octanol–water partition coefficient (Wildman–Crippen LogP) is 4.78. The molecular weight excluding hydrogens is 421 g/mol. The Hall–Kier alpha value is -3.52. The van der Waals surface area contributed by atoms with Crippen molar-refractivity contribution in [2.45, 2.75) is 51.3 Å². The van der Waals surface area contributed by atoms with Crippen LogP contribution in [0.1, 0.15) is 37.3 Å². The Bertz CT molecular complexity index is 1150. The number of carbonyl (C=O) groups excluding carboxylic acids is 1. The number of anilines is 4. The van der Waals surface area contributed by atoms with Gasteiger partial charge in [-0.05, 0) is 67.6 Å². The van der Waals surface area contributed by atoms with Crippen molar-refractivity contribution >= 4 is 29.2 Å². The molecule has 7 nitrogen and oxygen atoms in total. The van der Waals surface area contributed by atoms with Gasteiger partial charge in [-0.2, -0.15) is 4.98 Å². The van der Waals surface area contributed by atoms with E-state index in [-0.39, 0.29) is 17.9 Å². The summed E-state index contributed by atoms with van der Waals surface area (Å²) in [4.78, 5) is 26.2. The van der Waals surface area contributed by atoms with Gasteiger partial charge >= 0.3 is 6.03 Å². The van der Waals surface area contributed by atoms with E-state index >= 15 is 0 Å². The molecule has 8 heteroatoms. The van der Waals surface area contributed by atoms with Crippen LogP contribution in [-0.2, 0) is 13.0 Å². The Morgan fingerprint density at radius 1 is 1.12 bits per heavy atom. The second kappa shape index (κ2) is 8.78. The number of amides is 2. The SMILES string of the molecule is CCc1ccc(N2Cc3cnc(Nc4ccc(F)cc4)nc3N(C3CCC(O)C3)C2=O)cc1. The lowest BCUT2D eigenvalue weighted by Crippen LogP contribution is -2.52. The molecular formula is C25H26FN5O2. The van der Waals surface area contributed by atoms with Gasteiger partial charge in [-0.25, -0.2) is 14.2 Å². The molecule has 3 aromatic rings. The first-order valence-electron chi connectivity index (χ1n) is 11.3. The minimum Gasteiger partial charge on any atom is -0.393 e. The first-order chi connectivity index (χ1) is 16.0. The van der Waals surface area contributed by atoms with Crippen LogP contribution in [0, 0.1) is 5.82 Å². The summed E-state index contributed by atoms with van der Waals surface area (Å²) in [5, 5.41) is 13.2. The van der Waals surface area contributed by atoms with E-state index in [2.05, 4.69) is 22.2 Å². The van der Waals surface area contributed by atoms with E-state index in [1.165, 1.54) is 17.7 Å². The highest BCUT2D eigenvalue weighted by atomic mass is 19.1. The number of hydrogen-bond acceptors (Lipinski definition) is 5. The van der Waals surface area contributed by atoms with Crippen LogP contribution >= 0.6 is 0 Å². The summed E-state index contributed by atoms with van der Waals surface area (Å²) in [6, 6.07) is 13.6. The maximum atomic E-state index is 13.7. The van der Waals surface area contributed by atoms with Gasteiger partial charge in [0, 0.05) is 29.2 Å². The van der Waals surface area contributed by atoms with Crippen LogP contribution in [-0.4, -0.2) is 33.3 Å². The van der Waals surface area contributed by atoms with Gasteiger partial charge in [0.2, 0.25) is 5.95 Å². The van der Waals surface area contributed by atoms with Crippen molar-refractivity contribution in [3.63, 3.8) is 0 Å². The maximum Gasteiger partial charge on any atom is 0.330 e. The van der Waals surface area contributed by atoms with Gasteiger partial charge in [-0.1, -0.05) is 19.1 Å². The monoisotopic (exact) mass is 447 g/mol. The number of benzene rings is 2. The Morgan fingerprint density at radius 3 is 2.55 bits per heavy atom. The Kier molecular flexibility index (Phi) is 5.68. The van der Waals surface area contributed by atoms with Crippen molar-refractivity contribution in [3.05, 3.63) is 71.7 Å². The molecule has 2 unspecified atom stereocenters. The molecule has 1 aromatic heterocycles. The highest BCUT2D eigenvalue weighted by molar-refractivity contribution is 6.06. The van der Waals surface area contributed by atoms with Gasteiger partial charge in [0.25, 0.3) is 0 Å². The third kappa shape index (κ3) is 4.26. The third-order valence-corrected chi connectivity index (χ3v) is 6.33. The van der Waals surface area contributed by atoms with Crippen molar-refractivity contribution in [1.29, 1.82) is 0 Å². The Morgan fingerprint density at radius 2 is 1.88 bits per heavy atom. The van der Waals surface area contributed by atoms with E-state index in [0.717, 1.165) is 17.7 Å². The van der Waals surface area contributed by atoms with Crippen molar-refractivity contribution in [2.75, 3.05) is 15.1 Å². The second-order valence-corrected chi connectivity index (χ2v) is 8.55. The molecule has 2 amide bonds. The van der Waals surface area contributed by atoms with E-state index < -0.39 is 6.10 Å². The Balaban J connectivity index is 1.50. The number of aromatic nitrogens is 2. The molecule has 33 heavy (non-hydrogen) atoms. The molecule has 1 aliphatic heterocycles. The zero-order chi connectivity index (χ0) is 22.9. The molecule has 0 saturated heterocycles. The normalized spacial score (nSPS) is 20.2. The quantitative estimate of drug-likeness (QED) is 0.588. The van der Waals surface area contributed by atoms with E-state index in [9.17, 15) is 14.3 Å². The zero-order valence-electron chi connectivity index (χ0n) is 18.4. The smallest absolute Gasteiger partial charge is 0.330 e. The number of nitrogens with one attached hydrogen (secondary N) is 1. The minimum atomic E-state index is -0.427. The molecule has 1 saturated carbocycles. The highest BCUT2D eigenvalue weighted by Gasteiger charge is 2.40. The third-order valence-electron chi connectivity index (χ3n) is 6.33. The topological polar surface area (TPSA) is 81.6 Å². The lowest BCUT2D eigenvalue weighted by Gasteiger charge is -2.39. The van der Waals surface area contributed by atoms with Gasteiger partial charge < -0.3 is 10.4 Å². The second-order valence-electron chi connectivity index (χ2n) is 8.55. The van der Waals surface area contributed by atoms with Crippen molar-refractivity contribution in [3.8, 4) is 0 Å². The number of halogens is 1. The lowest BCUT2D eigenvalue weighted by atomic mass is 10.1. The van der Waals surface area contributed by atoms with Crippen molar-refractivity contribution in [2.24, 2.45) is 0 Å². The van der Waals surface area contributed by atoms with Crippen LogP contribution < -0.4 is 15.1 Å². The van der Waals surface area contributed by atoms with E-state index in [1.807, 2.05) is 24.3 Å². The van der Waals surface area contributed by atoms with Crippen LogP contribution in [0.25, 0.3) is 0 Å². The van der Waals surface area contributed by atoms with Crippen molar-refractivity contribution < 1.29 is 14.3 Å². The molecule has 1 aliphatic carbocycles. The summed E-state index contributed by atoms with van der Waals surface area (Å²) in [7, 11) is 0. The molecule has 0 bridgehead atoms. The minimum absolute atomic E-state index is 0.141. The highest BCUT2D eigenvalue weighted by Crippen LogP contribution is 2.36. The standard InChI is InChI=1S/C25H26FN5O2/c1-2-16-3-9-20(10-4-16)30-15-17-14-27-24(28-19-7-5-18(26)6-8-19)29-23(17)31(25(30)33)21-11-12-22(32)13-21/h3-10,14,21-22,32H,2,11-13,15H2,1H3,(H,27,28,29). The first-order valence-corrected chi connectivity index (χ1v) is 11.3. The number of carbonyl (C=O) groups is 1. The van der Waals surface area contributed by atoms with Crippen LogP contribution in [0.2, 0.25) is 0 Å². The van der Waals surface area contributed by atoms with E-state index in [4.69, 9.17) is 0 Å². The summed E-state index contributed by atoms with van der Waals surface area (Å²) >= 11 is 0. The van der Waals surface area contributed by atoms with Gasteiger partial charge in [0.15, 0.2) is 0 Å². The molecule has 2 N–H and O–H groups in total. The van der Waals surface area contributed by atoms with Crippen LogP contribution in [0.3, 0.4) is 0 Å². The number of hydrogen-bond donors (Lipinski definition) is 2. The average Bonchev–Trinajstić information content (AvgIpc) is 3.26. The molecule has 170 valence electrons. The Labute approximate surface area is 191 Å². The number of nitrogens with zero attached hydrogens (tertiary/aromatic N) is 4. The fourth-order valence-electron chi connectivity index (χ4n) is 4.51. The number of urea groups is 1. The summed E-state index contributed by atoms with van der Waals surface area (Å²) in [5.41, 5.74) is 3.51. The maximum absolute atomic E-state index is 13.7. The summed E-state index contributed by atoms with van der Waals surface area (Å²) < 4.78 is 13.2. The molecule has 2 aromatic carbocycles. The average molecular weight is 448 g/mol. The number of aliphatic hydroxyl groups is 1. The molecule has 2 aliphatic rings. The predicted molar refractivity (Wildman–Crippen MR) is 125 cm³/mol. The molecule has 0 spiro atoms.